The smallest absolute Gasteiger partial charge is 0.244 e. The highest BCUT2D eigenvalue weighted by molar-refractivity contribution is 8.14. The van der Waals surface area contributed by atoms with Gasteiger partial charge in [-0.2, -0.15) is 4.31 Å². The van der Waals surface area contributed by atoms with Crippen molar-refractivity contribution in [2.75, 3.05) is 32.1 Å². The largest absolute Gasteiger partial charge is 0.486 e. The third-order valence-corrected chi connectivity index (χ3v) is 7.24. The van der Waals surface area contributed by atoms with Gasteiger partial charge in [-0.3, -0.25) is 9.79 Å². The van der Waals surface area contributed by atoms with Crippen molar-refractivity contribution < 1.29 is 22.7 Å². The number of hydrogen-bond acceptors (Lipinski definition) is 7. The van der Waals surface area contributed by atoms with E-state index in [1.165, 1.54) is 28.2 Å². The molecule has 0 aliphatic carbocycles. The van der Waals surface area contributed by atoms with Gasteiger partial charge < -0.3 is 14.8 Å². The van der Waals surface area contributed by atoms with Crippen molar-refractivity contribution in [1.82, 2.24) is 9.62 Å². The van der Waals surface area contributed by atoms with Crippen LogP contribution >= 0.6 is 11.8 Å². The Morgan fingerprint density at radius 2 is 2.08 bits per heavy atom. The summed E-state index contributed by atoms with van der Waals surface area (Å²) in [7, 11) is -3.81. The van der Waals surface area contributed by atoms with E-state index in [1.54, 1.807) is 6.07 Å². The van der Waals surface area contributed by atoms with E-state index in [0.29, 0.717) is 55.8 Å². The second-order valence-electron chi connectivity index (χ2n) is 6.10. The summed E-state index contributed by atoms with van der Waals surface area (Å²) in [6, 6.07) is 3.83. The number of nitrogens with zero attached hydrogens (tertiary/aromatic N) is 2. The van der Waals surface area contributed by atoms with Crippen LogP contribution in [0.5, 0.6) is 11.5 Å². The molecule has 1 atom stereocenters. The molecule has 1 aromatic carbocycles. The zero-order valence-electron chi connectivity index (χ0n) is 14.0. The molecule has 0 aromatic heterocycles. The molecular formula is C16H19N3O5S2. The van der Waals surface area contributed by atoms with Gasteiger partial charge in [0.25, 0.3) is 0 Å². The molecule has 1 fully saturated rings. The van der Waals surface area contributed by atoms with Gasteiger partial charge in [0.05, 0.1) is 11.4 Å². The lowest BCUT2D eigenvalue weighted by atomic mass is 10.2. The van der Waals surface area contributed by atoms with Crippen molar-refractivity contribution in [3.05, 3.63) is 18.2 Å². The van der Waals surface area contributed by atoms with E-state index in [4.69, 9.17) is 9.47 Å². The summed E-state index contributed by atoms with van der Waals surface area (Å²) in [6.07, 6.45) is 1.13. The van der Waals surface area contributed by atoms with Crippen LogP contribution in [0.25, 0.3) is 0 Å². The SMILES string of the molecule is O=C(NC1=NCCS1)[C@@H]1CCCN1S(=O)(=O)c1ccc2c(c1)OCCO2. The highest BCUT2D eigenvalue weighted by Gasteiger charge is 2.40. The molecule has 26 heavy (non-hydrogen) atoms. The van der Waals surface area contributed by atoms with Crippen LogP contribution in [0.1, 0.15) is 12.8 Å². The second kappa shape index (κ2) is 7.09. The number of carbonyl (C=O) groups is 1. The fraction of sp³-hybridized carbons (Fsp3) is 0.500. The van der Waals surface area contributed by atoms with Crippen LogP contribution in [0.2, 0.25) is 0 Å². The van der Waals surface area contributed by atoms with E-state index >= 15 is 0 Å². The van der Waals surface area contributed by atoms with E-state index in [1.807, 2.05) is 0 Å². The Hall–Kier alpha value is -1.78. The minimum Gasteiger partial charge on any atom is -0.486 e. The average molecular weight is 397 g/mol. The van der Waals surface area contributed by atoms with E-state index in [2.05, 4.69) is 10.3 Å². The molecule has 3 heterocycles. The number of fused-ring (bicyclic) bond motifs is 1. The van der Waals surface area contributed by atoms with Crippen LogP contribution in [0.15, 0.2) is 28.1 Å². The fourth-order valence-corrected chi connectivity index (χ4v) is 5.61. The maximum atomic E-state index is 13.1. The number of rotatable bonds is 3. The van der Waals surface area contributed by atoms with Crippen molar-refractivity contribution in [2.45, 2.75) is 23.8 Å². The molecule has 3 aliphatic heterocycles. The Morgan fingerprint density at radius 1 is 1.27 bits per heavy atom. The molecule has 0 saturated carbocycles. The van der Waals surface area contributed by atoms with Gasteiger partial charge in [-0.05, 0) is 25.0 Å². The number of sulfonamides is 1. The summed E-state index contributed by atoms with van der Waals surface area (Å²) in [5.41, 5.74) is 0. The summed E-state index contributed by atoms with van der Waals surface area (Å²) in [4.78, 5) is 16.9. The van der Waals surface area contributed by atoms with E-state index in [9.17, 15) is 13.2 Å². The highest BCUT2D eigenvalue weighted by atomic mass is 32.2. The number of amidine groups is 1. The molecule has 1 N–H and O–H groups in total. The topological polar surface area (TPSA) is 97.3 Å². The molecular weight excluding hydrogens is 378 g/mol. The molecule has 0 radical (unpaired) electrons. The molecule has 0 spiro atoms. The Bertz CT molecular complexity index is 855. The molecule has 3 aliphatic rings. The molecule has 1 amide bonds. The van der Waals surface area contributed by atoms with Crippen LogP contribution in [-0.2, 0) is 14.8 Å². The van der Waals surface area contributed by atoms with Crippen molar-refractivity contribution in [3.8, 4) is 11.5 Å². The quantitative estimate of drug-likeness (QED) is 0.811. The number of nitrogens with one attached hydrogen (secondary N) is 1. The van der Waals surface area contributed by atoms with Gasteiger partial charge in [0, 0.05) is 18.4 Å². The first-order valence-electron chi connectivity index (χ1n) is 8.45. The minimum absolute atomic E-state index is 0.106. The predicted octanol–water partition coefficient (Wildman–Crippen LogP) is 0.830. The molecule has 0 bridgehead atoms. The minimum atomic E-state index is -3.81. The first-order valence-corrected chi connectivity index (χ1v) is 10.9. The number of carbonyl (C=O) groups excluding carboxylic acids is 1. The lowest BCUT2D eigenvalue weighted by molar-refractivity contribution is -0.122. The van der Waals surface area contributed by atoms with Crippen molar-refractivity contribution in [1.29, 1.82) is 0 Å². The lowest BCUT2D eigenvalue weighted by Gasteiger charge is -2.24. The van der Waals surface area contributed by atoms with E-state index in [-0.39, 0.29) is 10.8 Å². The number of aliphatic imine (C=N–C) groups is 1. The summed E-state index contributed by atoms with van der Waals surface area (Å²) in [5.74, 6) is 1.45. The predicted molar refractivity (Wildman–Crippen MR) is 97.2 cm³/mol. The number of thioether (sulfide) groups is 1. The van der Waals surface area contributed by atoms with Gasteiger partial charge in [-0.25, -0.2) is 8.42 Å². The molecule has 8 nitrogen and oxygen atoms in total. The second-order valence-corrected chi connectivity index (χ2v) is 9.08. The monoisotopic (exact) mass is 397 g/mol. The summed E-state index contributed by atoms with van der Waals surface area (Å²) in [5, 5.41) is 3.32. The summed E-state index contributed by atoms with van der Waals surface area (Å²) < 4.78 is 38.4. The van der Waals surface area contributed by atoms with E-state index in [0.717, 1.165) is 5.75 Å². The van der Waals surface area contributed by atoms with Crippen LogP contribution in [-0.4, -0.2) is 61.9 Å². The Balaban J connectivity index is 1.57. The lowest BCUT2D eigenvalue weighted by Crippen LogP contribution is -2.46. The van der Waals surface area contributed by atoms with E-state index < -0.39 is 16.1 Å². The Labute approximate surface area is 156 Å². The molecule has 1 saturated heterocycles. The first kappa shape index (κ1) is 17.6. The van der Waals surface area contributed by atoms with Crippen molar-refractivity contribution >= 4 is 32.9 Å². The number of ether oxygens (including phenoxy) is 2. The number of benzene rings is 1. The fourth-order valence-electron chi connectivity index (χ4n) is 3.21. The maximum absolute atomic E-state index is 13.1. The van der Waals surface area contributed by atoms with Crippen LogP contribution in [0.3, 0.4) is 0 Å². The van der Waals surface area contributed by atoms with Crippen molar-refractivity contribution in [3.63, 3.8) is 0 Å². The average Bonchev–Trinajstić information content (AvgIpc) is 3.33. The van der Waals surface area contributed by atoms with Gasteiger partial charge in [-0.1, -0.05) is 11.8 Å². The Morgan fingerprint density at radius 3 is 2.85 bits per heavy atom. The van der Waals surface area contributed by atoms with Gasteiger partial charge in [0.2, 0.25) is 15.9 Å². The highest BCUT2D eigenvalue weighted by Crippen LogP contribution is 2.34. The van der Waals surface area contributed by atoms with Gasteiger partial charge >= 0.3 is 0 Å². The van der Waals surface area contributed by atoms with Crippen molar-refractivity contribution in [2.24, 2.45) is 4.99 Å². The summed E-state index contributed by atoms with van der Waals surface area (Å²) in [6.45, 7) is 1.80. The molecule has 0 unspecified atom stereocenters. The van der Waals surface area contributed by atoms with Crippen LogP contribution in [0.4, 0.5) is 0 Å². The molecule has 140 valence electrons. The number of hydrogen-bond donors (Lipinski definition) is 1. The maximum Gasteiger partial charge on any atom is 0.244 e. The normalized spacial score (nSPS) is 22.9. The first-order chi connectivity index (χ1) is 12.6. The van der Waals surface area contributed by atoms with Crippen LogP contribution < -0.4 is 14.8 Å². The molecule has 4 rings (SSSR count). The van der Waals surface area contributed by atoms with Crippen LogP contribution in [0, 0.1) is 0 Å². The standard InChI is InChI=1S/C16H19N3O5S2/c20-15(18-16-17-5-9-25-16)12-2-1-6-19(12)26(21,22)11-3-4-13-14(10-11)24-8-7-23-13/h3-4,10,12H,1-2,5-9H2,(H,17,18,20)/t12-/m0/s1. The Kier molecular flexibility index (Phi) is 4.80. The van der Waals surface area contributed by atoms with Gasteiger partial charge in [-0.15, -0.1) is 0 Å². The zero-order valence-corrected chi connectivity index (χ0v) is 15.6. The third kappa shape index (κ3) is 3.28. The van der Waals surface area contributed by atoms with Gasteiger partial charge in [0.1, 0.15) is 19.3 Å². The molecule has 10 heteroatoms. The van der Waals surface area contributed by atoms with Gasteiger partial charge in [0.15, 0.2) is 16.7 Å². The zero-order chi connectivity index (χ0) is 18.1. The third-order valence-electron chi connectivity index (χ3n) is 4.44. The number of amides is 1. The molecule has 1 aromatic rings. The summed E-state index contributed by atoms with van der Waals surface area (Å²) >= 11 is 1.47.